The van der Waals surface area contributed by atoms with Gasteiger partial charge in [-0.05, 0) is 61.6 Å². The second kappa shape index (κ2) is 8.05. The second-order valence-corrected chi connectivity index (χ2v) is 7.34. The molecule has 3 nitrogen and oxygen atoms in total. The molecule has 0 spiro atoms. The van der Waals surface area contributed by atoms with Crippen molar-refractivity contribution in [3.05, 3.63) is 71.8 Å². The molecule has 2 heterocycles. The average molecular weight is 363 g/mol. The molecule has 0 saturated heterocycles. The monoisotopic (exact) mass is 363 g/mol. The molecule has 2 aromatic carbocycles. The van der Waals surface area contributed by atoms with E-state index in [4.69, 9.17) is 0 Å². The summed E-state index contributed by atoms with van der Waals surface area (Å²) in [6.07, 6.45) is 6.73. The van der Waals surface area contributed by atoms with Crippen molar-refractivity contribution < 1.29 is 4.39 Å². The number of hydrogen-bond donors (Lipinski definition) is 1. The van der Waals surface area contributed by atoms with Gasteiger partial charge in [0.05, 0.1) is 11.0 Å². The number of rotatable bonds is 6. The van der Waals surface area contributed by atoms with Crippen molar-refractivity contribution in [3.63, 3.8) is 0 Å². The standard InChI is InChI=1S/C23H26FN3/c1-17-26-22-7-2-3-8-23(22)27(17)15-5-4-6-21-16-19(13-14-25-21)18-9-11-20(24)12-10-18/h2-3,7-13,21,25H,4-6,14-16H2,1H3. The normalized spacial score (nSPS) is 17.3. The second-order valence-electron chi connectivity index (χ2n) is 7.34. The Labute approximate surface area is 159 Å². The van der Waals surface area contributed by atoms with E-state index in [1.165, 1.54) is 17.5 Å². The fourth-order valence-corrected chi connectivity index (χ4v) is 4.01. The third kappa shape index (κ3) is 4.11. The zero-order valence-corrected chi connectivity index (χ0v) is 15.8. The number of unbranched alkanes of at least 4 members (excludes halogenated alkanes) is 1. The number of para-hydroxylation sites is 2. The van der Waals surface area contributed by atoms with E-state index in [0.29, 0.717) is 6.04 Å². The Morgan fingerprint density at radius 1 is 1.11 bits per heavy atom. The van der Waals surface area contributed by atoms with Crippen LogP contribution in [-0.4, -0.2) is 22.1 Å². The molecule has 0 bridgehead atoms. The van der Waals surface area contributed by atoms with Crippen molar-refractivity contribution in [1.82, 2.24) is 14.9 Å². The highest BCUT2D eigenvalue weighted by Crippen LogP contribution is 2.25. The molecule has 0 radical (unpaired) electrons. The van der Waals surface area contributed by atoms with E-state index in [9.17, 15) is 4.39 Å². The van der Waals surface area contributed by atoms with Gasteiger partial charge in [0, 0.05) is 19.1 Å². The summed E-state index contributed by atoms with van der Waals surface area (Å²) < 4.78 is 15.5. The van der Waals surface area contributed by atoms with Crippen molar-refractivity contribution in [3.8, 4) is 0 Å². The lowest BCUT2D eigenvalue weighted by Crippen LogP contribution is -2.32. The molecule has 4 heteroatoms. The molecular formula is C23H26FN3. The summed E-state index contributed by atoms with van der Waals surface area (Å²) in [6, 6.07) is 15.7. The van der Waals surface area contributed by atoms with Gasteiger partial charge in [0.25, 0.3) is 0 Å². The topological polar surface area (TPSA) is 29.9 Å². The van der Waals surface area contributed by atoms with Crippen LogP contribution in [0.3, 0.4) is 0 Å². The zero-order valence-electron chi connectivity index (χ0n) is 15.8. The van der Waals surface area contributed by atoms with Gasteiger partial charge in [0.2, 0.25) is 0 Å². The number of imidazole rings is 1. The Balaban J connectivity index is 1.30. The van der Waals surface area contributed by atoms with Gasteiger partial charge in [-0.3, -0.25) is 0 Å². The van der Waals surface area contributed by atoms with E-state index in [2.05, 4.69) is 46.1 Å². The van der Waals surface area contributed by atoms with Crippen LogP contribution in [0.2, 0.25) is 0 Å². The molecule has 0 saturated carbocycles. The lowest BCUT2D eigenvalue weighted by Gasteiger charge is -2.24. The van der Waals surface area contributed by atoms with Gasteiger partial charge >= 0.3 is 0 Å². The Morgan fingerprint density at radius 3 is 2.78 bits per heavy atom. The van der Waals surface area contributed by atoms with E-state index in [-0.39, 0.29) is 5.82 Å². The lowest BCUT2D eigenvalue weighted by molar-refractivity contribution is 0.464. The highest BCUT2D eigenvalue weighted by molar-refractivity contribution is 5.75. The Bertz CT molecular complexity index is 940. The highest BCUT2D eigenvalue weighted by atomic mass is 19.1. The van der Waals surface area contributed by atoms with Crippen LogP contribution in [-0.2, 0) is 6.54 Å². The maximum absolute atomic E-state index is 13.1. The van der Waals surface area contributed by atoms with E-state index in [1.54, 1.807) is 12.1 Å². The maximum Gasteiger partial charge on any atom is 0.123 e. The van der Waals surface area contributed by atoms with Crippen LogP contribution in [0.4, 0.5) is 4.39 Å². The summed E-state index contributed by atoms with van der Waals surface area (Å²) in [6.45, 7) is 3.99. The number of hydrogen-bond acceptors (Lipinski definition) is 2. The van der Waals surface area contributed by atoms with Crippen molar-refractivity contribution in [1.29, 1.82) is 0 Å². The predicted octanol–water partition coefficient (Wildman–Crippen LogP) is 5.10. The molecule has 1 aliphatic heterocycles. The fourth-order valence-electron chi connectivity index (χ4n) is 4.01. The fraction of sp³-hybridized carbons (Fsp3) is 0.348. The molecular weight excluding hydrogens is 337 g/mol. The van der Waals surface area contributed by atoms with E-state index in [1.807, 2.05) is 18.2 Å². The van der Waals surface area contributed by atoms with Crippen molar-refractivity contribution >= 4 is 16.6 Å². The van der Waals surface area contributed by atoms with Gasteiger partial charge in [-0.15, -0.1) is 0 Å². The summed E-state index contributed by atoms with van der Waals surface area (Å²) in [7, 11) is 0. The minimum atomic E-state index is -0.174. The first-order chi connectivity index (χ1) is 13.2. The zero-order chi connectivity index (χ0) is 18.6. The SMILES string of the molecule is Cc1nc2ccccc2n1CCCCC1CC(c2ccc(F)cc2)=CCN1. The summed E-state index contributed by atoms with van der Waals surface area (Å²) in [5.41, 5.74) is 4.78. The lowest BCUT2D eigenvalue weighted by atomic mass is 9.93. The number of aromatic nitrogens is 2. The van der Waals surface area contributed by atoms with Gasteiger partial charge in [-0.2, -0.15) is 0 Å². The first-order valence-electron chi connectivity index (χ1n) is 9.81. The number of benzene rings is 2. The first-order valence-corrected chi connectivity index (χ1v) is 9.81. The minimum Gasteiger partial charge on any atom is -0.328 e. The Hall–Kier alpha value is -2.46. The quantitative estimate of drug-likeness (QED) is 0.618. The van der Waals surface area contributed by atoms with Crippen LogP contribution in [0.5, 0.6) is 0 Å². The van der Waals surface area contributed by atoms with Crippen LogP contribution in [0.1, 0.15) is 37.1 Å². The summed E-state index contributed by atoms with van der Waals surface area (Å²) in [4.78, 5) is 4.65. The number of nitrogens with zero attached hydrogens (tertiary/aromatic N) is 2. The summed E-state index contributed by atoms with van der Waals surface area (Å²) in [5.74, 6) is 0.917. The van der Waals surface area contributed by atoms with Gasteiger partial charge in [0.1, 0.15) is 11.6 Å². The van der Waals surface area contributed by atoms with Crippen molar-refractivity contribution in [2.75, 3.05) is 6.54 Å². The Morgan fingerprint density at radius 2 is 1.93 bits per heavy atom. The molecule has 140 valence electrons. The molecule has 0 amide bonds. The third-order valence-electron chi connectivity index (χ3n) is 5.47. The van der Waals surface area contributed by atoms with Crippen LogP contribution in [0, 0.1) is 12.7 Å². The van der Waals surface area contributed by atoms with E-state index >= 15 is 0 Å². The highest BCUT2D eigenvalue weighted by Gasteiger charge is 2.16. The number of nitrogens with one attached hydrogen (secondary N) is 1. The van der Waals surface area contributed by atoms with Crippen LogP contribution >= 0.6 is 0 Å². The number of halogens is 1. The van der Waals surface area contributed by atoms with Crippen molar-refractivity contribution in [2.45, 2.75) is 45.2 Å². The molecule has 0 fully saturated rings. The van der Waals surface area contributed by atoms with Crippen molar-refractivity contribution in [2.24, 2.45) is 0 Å². The number of fused-ring (bicyclic) bond motifs is 1. The summed E-state index contributed by atoms with van der Waals surface area (Å²) in [5, 5.41) is 3.60. The average Bonchev–Trinajstić information content (AvgIpc) is 3.01. The first kappa shape index (κ1) is 17.9. The van der Waals surface area contributed by atoms with E-state index < -0.39 is 0 Å². The van der Waals surface area contributed by atoms with Crippen LogP contribution in [0.25, 0.3) is 16.6 Å². The smallest absolute Gasteiger partial charge is 0.123 e. The maximum atomic E-state index is 13.1. The van der Waals surface area contributed by atoms with Gasteiger partial charge < -0.3 is 9.88 Å². The van der Waals surface area contributed by atoms with Gasteiger partial charge in [0.15, 0.2) is 0 Å². The predicted molar refractivity (Wildman–Crippen MR) is 109 cm³/mol. The molecule has 1 unspecified atom stereocenters. The largest absolute Gasteiger partial charge is 0.328 e. The van der Waals surface area contributed by atoms with E-state index in [0.717, 1.165) is 49.3 Å². The molecule has 1 aromatic heterocycles. The molecule has 3 aromatic rings. The van der Waals surface area contributed by atoms with Crippen LogP contribution in [0.15, 0.2) is 54.6 Å². The molecule has 1 aliphatic rings. The molecule has 4 rings (SSSR count). The number of aryl methyl sites for hydroxylation is 2. The minimum absolute atomic E-state index is 0.174. The van der Waals surface area contributed by atoms with Gasteiger partial charge in [-0.25, -0.2) is 9.37 Å². The Kier molecular flexibility index (Phi) is 5.35. The third-order valence-corrected chi connectivity index (χ3v) is 5.47. The molecule has 1 atom stereocenters. The van der Waals surface area contributed by atoms with Gasteiger partial charge in [-0.1, -0.05) is 36.8 Å². The van der Waals surface area contributed by atoms with Crippen LogP contribution < -0.4 is 5.32 Å². The summed E-state index contributed by atoms with van der Waals surface area (Å²) >= 11 is 0. The molecule has 0 aliphatic carbocycles. The molecule has 1 N–H and O–H groups in total. The molecule has 27 heavy (non-hydrogen) atoms.